The van der Waals surface area contributed by atoms with Crippen LogP contribution in [-0.2, 0) is 9.59 Å². The lowest BCUT2D eigenvalue weighted by atomic mass is 9.86. The zero-order valence-electron chi connectivity index (χ0n) is 10.5. The number of hydrogen-bond donors (Lipinski definition) is 0. The summed E-state index contributed by atoms with van der Waals surface area (Å²) in [6.07, 6.45) is 3.97. The third-order valence-electron chi connectivity index (χ3n) is 3.74. The number of rotatable bonds is 1. The molecular formula is C15H14FNO2. The summed E-state index contributed by atoms with van der Waals surface area (Å²) in [5, 5.41) is 0. The highest BCUT2D eigenvalue weighted by Crippen LogP contribution is 2.34. The molecule has 0 radical (unpaired) electrons. The van der Waals surface area contributed by atoms with Gasteiger partial charge in [-0.3, -0.25) is 9.59 Å². The van der Waals surface area contributed by atoms with Crippen LogP contribution in [0.25, 0.3) is 0 Å². The summed E-state index contributed by atoms with van der Waals surface area (Å²) in [5.74, 6) is -0.812. The minimum absolute atomic E-state index is 0.211. The molecule has 0 spiro atoms. The first-order valence-corrected chi connectivity index (χ1v) is 6.50. The second-order valence-corrected chi connectivity index (χ2v) is 4.98. The van der Waals surface area contributed by atoms with Crippen molar-refractivity contribution in [1.29, 1.82) is 0 Å². The van der Waals surface area contributed by atoms with Crippen molar-refractivity contribution in [2.75, 3.05) is 4.90 Å². The van der Waals surface area contributed by atoms with Crippen LogP contribution in [0.15, 0.2) is 35.4 Å². The highest BCUT2D eigenvalue weighted by atomic mass is 19.1. The highest BCUT2D eigenvalue weighted by molar-refractivity contribution is 6.23. The van der Waals surface area contributed by atoms with Crippen molar-refractivity contribution < 1.29 is 14.0 Å². The SMILES string of the molecule is O=C1CC2=C(CCCC2)C(=O)N1c1ccc(F)cc1. The summed E-state index contributed by atoms with van der Waals surface area (Å²) in [4.78, 5) is 25.7. The van der Waals surface area contributed by atoms with Gasteiger partial charge in [0, 0.05) is 12.0 Å². The fraction of sp³-hybridized carbons (Fsp3) is 0.333. The van der Waals surface area contributed by atoms with Gasteiger partial charge in [-0.25, -0.2) is 9.29 Å². The molecule has 0 N–H and O–H groups in total. The van der Waals surface area contributed by atoms with E-state index in [1.165, 1.54) is 29.2 Å². The van der Waals surface area contributed by atoms with Gasteiger partial charge < -0.3 is 0 Å². The van der Waals surface area contributed by atoms with Crippen molar-refractivity contribution >= 4 is 17.5 Å². The molecule has 4 heteroatoms. The van der Waals surface area contributed by atoms with Crippen LogP contribution in [0.4, 0.5) is 10.1 Å². The van der Waals surface area contributed by atoms with Crippen LogP contribution in [0.1, 0.15) is 32.1 Å². The number of carbonyl (C=O) groups is 2. The van der Waals surface area contributed by atoms with E-state index in [9.17, 15) is 14.0 Å². The standard InChI is InChI=1S/C15H14FNO2/c16-11-5-7-12(8-6-11)17-14(18)9-10-3-1-2-4-13(10)15(17)19/h5-8H,1-4,9H2. The third kappa shape index (κ3) is 2.07. The van der Waals surface area contributed by atoms with Gasteiger partial charge in [0.2, 0.25) is 5.91 Å². The van der Waals surface area contributed by atoms with Crippen LogP contribution < -0.4 is 4.90 Å². The molecular weight excluding hydrogens is 245 g/mol. The van der Waals surface area contributed by atoms with Gasteiger partial charge in [-0.05, 0) is 49.9 Å². The van der Waals surface area contributed by atoms with Gasteiger partial charge >= 0.3 is 0 Å². The normalized spacial score (nSPS) is 19.7. The second-order valence-electron chi connectivity index (χ2n) is 4.98. The fourth-order valence-corrected chi connectivity index (χ4v) is 2.78. The van der Waals surface area contributed by atoms with E-state index in [0.717, 1.165) is 36.8 Å². The Morgan fingerprint density at radius 1 is 1.00 bits per heavy atom. The second kappa shape index (κ2) is 4.61. The number of halogens is 1. The topological polar surface area (TPSA) is 37.4 Å². The summed E-state index contributed by atoms with van der Waals surface area (Å²) in [7, 11) is 0. The molecule has 0 saturated heterocycles. The van der Waals surface area contributed by atoms with Crippen LogP contribution in [-0.4, -0.2) is 11.8 Å². The van der Waals surface area contributed by atoms with E-state index in [0.29, 0.717) is 12.1 Å². The van der Waals surface area contributed by atoms with Gasteiger partial charge in [0.25, 0.3) is 5.91 Å². The molecule has 0 atom stereocenters. The van der Waals surface area contributed by atoms with Gasteiger partial charge in [-0.15, -0.1) is 0 Å². The van der Waals surface area contributed by atoms with Gasteiger partial charge in [-0.2, -0.15) is 0 Å². The molecule has 1 aromatic rings. The van der Waals surface area contributed by atoms with E-state index < -0.39 is 0 Å². The first kappa shape index (κ1) is 12.1. The number of benzene rings is 1. The molecule has 0 saturated carbocycles. The molecule has 98 valence electrons. The van der Waals surface area contributed by atoms with Gasteiger partial charge in [0.1, 0.15) is 5.82 Å². The average molecular weight is 259 g/mol. The lowest BCUT2D eigenvalue weighted by Gasteiger charge is -2.31. The van der Waals surface area contributed by atoms with E-state index in [1.807, 2.05) is 0 Å². The maximum absolute atomic E-state index is 12.9. The van der Waals surface area contributed by atoms with Gasteiger partial charge in [0.05, 0.1) is 5.69 Å². The Morgan fingerprint density at radius 2 is 1.68 bits per heavy atom. The maximum Gasteiger partial charge on any atom is 0.260 e. The van der Waals surface area contributed by atoms with Crippen molar-refractivity contribution in [2.24, 2.45) is 0 Å². The quantitative estimate of drug-likeness (QED) is 0.727. The fourth-order valence-electron chi connectivity index (χ4n) is 2.78. The van der Waals surface area contributed by atoms with Gasteiger partial charge in [-0.1, -0.05) is 5.57 Å². The van der Waals surface area contributed by atoms with Crippen molar-refractivity contribution in [2.45, 2.75) is 32.1 Å². The number of hydrogen-bond acceptors (Lipinski definition) is 2. The zero-order chi connectivity index (χ0) is 13.4. The molecule has 0 bridgehead atoms. The summed E-state index contributed by atoms with van der Waals surface area (Å²) >= 11 is 0. The molecule has 0 fully saturated rings. The van der Waals surface area contributed by atoms with Crippen LogP contribution in [0.2, 0.25) is 0 Å². The van der Waals surface area contributed by atoms with E-state index in [1.54, 1.807) is 0 Å². The van der Waals surface area contributed by atoms with Crippen molar-refractivity contribution in [3.05, 3.63) is 41.2 Å². The predicted octanol–water partition coefficient (Wildman–Crippen LogP) is 2.96. The Morgan fingerprint density at radius 3 is 2.42 bits per heavy atom. The Balaban J connectivity index is 1.99. The van der Waals surface area contributed by atoms with E-state index in [-0.39, 0.29) is 17.6 Å². The monoisotopic (exact) mass is 259 g/mol. The smallest absolute Gasteiger partial charge is 0.260 e. The van der Waals surface area contributed by atoms with Crippen molar-refractivity contribution in [3.63, 3.8) is 0 Å². The summed E-state index contributed by atoms with van der Waals surface area (Å²) in [6, 6.07) is 5.47. The first-order chi connectivity index (χ1) is 9.16. The van der Waals surface area contributed by atoms with Crippen LogP contribution in [0.5, 0.6) is 0 Å². The predicted molar refractivity (Wildman–Crippen MR) is 69.0 cm³/mol. The average Bonchev–Trinajstić information content (AvgIpc) is 2.41. The molecule has 1 aliphatic heterocycles. The molecule has 0 unspecified atom stereocenters. The Bertz CT molecular complexity index is 574. The number of imide groups is 1. The molecule has 2 aliphatic rings. The molecule has 3 nitrogen and oxygen atoms in total. The summed E-state index contributed by atoms with van der Waals surface area (Å²) in [6.45, 7) is 0. The largest absolute Gasteiger partial charge is 0.274 e. The van der Waals surface area contributed by atoms with E-state index >= 15 is 0 Å². The first-order valence-electron chi connectivity index (χ1n) is 6.50. The van der Waals surface area contributed by atoms with Crippen LogP contribution >= 0.6 is 0 Å². The molecule has 1 aliphatic carbocycles. The summed E-state index contributed by atoms with van der Waals surface area (Å²) in [5.41, 5.74) is 2.24. The minimum atomic E-state index is -0.377. The zero-order valence-corrected chi connectivity index (χ0v) is 10.5. The lowest BCUT2D eigenvalue weighted by Crippen LogP contribution is -2.42. The lowest BCUT2D eigenvalue weighted by molar-refractivity contribution is -0.125. The van der Waals surface area contributed by atoms with Crippen molar-refractivity contribution in [3.8, 4) is 0 Å². The Hall–Kier alpha value is -1.97. The molecule has 19 heavy (non-hydrogen) atoms. The van der Waals surface area contributed by atoms with Crippen LogP contribution in [0, 0.1) is 5.82 Å². The number of carbonyl (C=O) groups excluding carboxylic acids is 2. The number of anilines is 1. The van der Waals surface area contributed by atoms with Crippen LogP contribution in [0.3, 0.4) is 0 Å². The molecule has 2 amide bonds. The van der Waals surface area contributed by atoms with Crippen molar-refractivity contribution in [1.82, 2.24) is 0 Å². The maximum atomic E-state index is 12.9. The minimum Gasteiger partial charge on any atom is -0.274 e. The Kier molecular flexibility index (Phi) is 2.93. The molecule has 0 aromatic heterocycles. The molecule has 1 aromatic carbocycles. The molecule has 3 rings (SSSR count). The molecule has 1 heterocycles. The van der Waals surface area contributed by atoms with E-state index in [4.69, 9.17) is 0 Å². The third-order valence-corrected chi connectivity index (χ3v) is 3.74. The number of amides is 2. The van der Waals surface area contributed by atoms with Gasteiger partial charge in [0.15, 0.2) is 0 Å². The number of nitrogens with zero attached hydrogens (tertiary/aromatic N) is 1. The van der Waals surface area contributed by atoms with E-state index in [2.05, 4.69) is 0 Å². The Labute approximate surface area is 110 Å². The summed E-state index contributed by atoms with van der Waals surface area (Å²) < 4.78 is 12.9. The highest BCUT2D eigenvalue weighted by Gasteiger charge is 2.34.